The van der Waals surface area contributed by atoms with Crippen molar-refractivity contribution < 1.29 is 14.5 Å². The van der Waals surface area contributed by atoms with Crippen molar-refractivity contribution in [1.82, 2.24) is 0 Å². The van der Waals surface area contributed by atoms with Crippen molar-refractivity contribution in [2.75, 3.05) is 0 Å². The first-order chi connectivity index (χ1) is 8.52. The molecule has 1 saturated carbocycles. The molecule has 0 spiro atoms. The number of nitrogens with zero attached hydrogens (tertiary/aromatic N) is 1. The summed E-state index contributed by atoms with van der Waals surface area (Å²) in [6.45, 7) is 3.24. The standard InChI is InChI=1S/C13H15NO4/c1-3-9-6-12(14(16)17)11(8(2)15)7-13(9)18-10-4-5-10/h6-7,10H,3-5H2,1-2H3. The molecule has 0 saturated heterocycles. The Morgan fingerprint density at radius 3 is 2.61 bits per heavy atom. The molecule has 0 bridgehead atoms. The fourth-order valence-electron chi connectivity index (χ4n) is 1.80. The van der Waals surface area contributed by atoms with Crippen molar-refractivity contribution in [2.24, 2.45) is 0 Å². The number of benzene rings is 1. The van der Waals surface area contributed by atoms with E-state index in [0.717, 1.165) is 18.4 Å². The average Bonchev–Trinajstić information content (AvgIpc) is 3.12. The number of hydrogen-bond donors (Lipinski definition) is 0. The molecule has 1 aromatic rings. The van der Waals surface area contributed by atoms with Gasteiger partial charge < -0.3 is 4.74 Å². The normalized spacial score (nSPS) is 14.3. The second kappa shape index (κ2) is 4.76. The number of rotatable bonds is 5. The summed E-state index contributed by atoms with van der Waals surface area (Å²) >= 11 is 0. The van der Waals surface area contributed by atoms with Crippen molar-refractivity contribution in [2.45, 2.75) is 39.2 Å². The maximum absolute atomic E-state index is 11.5. The SMILES string of the molecule is CCc1cc([N+](=O)[O-])c(C(C)=O)cc1OC1CC1. The minimum atomic E-state index is -0.517. The Labute approximate surface area is 105 Å². The molecule has 5 heteroatoms. The van der Waals surface area contributed by atoms with E-state index >= 15 is 0 Å². The molecule has 0 heterocycles. The lowest BCUT2D eigenvalue weighted by atomic mass is 10.0. The van der Waals surface area contributed by atoms with Gasteiger partial charge in [0.25, 0.3) is 5.69 Å². The molecule has 1 aromatic carbocycles. The zero-order valence-corrected chi connectivity index (χ0v) is 10.4. The van der Waals surface area contributed by atoms with Gasteiger partial charge in [-0.15, -0.1) is 0 Å². The van der Waals surface area contributed by atoms with E-state index in [1.807, 2.05) is 6.92 Å². The van der Waals surface area contributed by atoms with E-state index in [1.54, 1.807) is 0 Å². The molecule has 0 N–H and O–H groups in total. The highest BCUT2D eigenvalue weighted by Crippen LogP contribution is 2.34. The molecular formula is C13H15NO4. The summed E-state index contributed by atoms with van der Waals surface area (Å²) in [6.07, 6.45) is 2.86. The zero-order valence-electron chi connectivity index (χ0n) is 10.4. The molecule has 1 fully saturated rings. The van der Waals surface area contributed by atoms with E-state index in [4.69, 9.17) is 4.74 Å². The minimum Gasteiger partial charge on any atom is -0.490 e. The van der Waals surface area contributed by atoms with Gasteiger partial charge in [-0.1, -0.05) is 6.92 Å². The fraction of sp³-hybridized carbons (Fsp3) is 0.462. The number of hydrogen-bond acceptors (Lipinski definition) is 4. The summed E-state index contributed by atoms with van der Waals surface area (Å²) in [7, 11) is 0. The van der Waals surface area contributed by atoms with Crippen LogP contribution in [-0.2, 0) is 6.42 Å². The molecular weight excluding hydrogens is 234 g/mol. The van der Waals surface area contributed by atoms with E-state index in [2.05, 4.69) is 0 Å². The lowest BCUT2D eigenvalue weighted by molar-refractivity contribution is -0.385. The van der Waals surface area contributed by atoms with E-state index in [1.165, 1.54) is 19.1 Å². The molecule has 0 unspecified atom stereocenters. The number of nitro groups is 1. The Bertz CT molecular complexity index is 506. The van der Waals surface area contributed by atoms with Gasteiger partial charge in [-0.2, -0.15) is 0 Å². The summed E-state index contributed by atoms with van der Waals surface area (Å²) in [5.41, 5.74) is 0.758. The molecule has 5 nitrogen and oxygen atoms in total. The van der Waals surface area contributed by atoms with Crippen LogP contribution in [0.3, 0.4) is 0 Å². The number of nitro benzene ring substituents is 1. The van der Waals surface area contributed by atoms with Crippen LogP contribution in [0.15, 0.2) is 12.1 Å². The minimum absolute atomic E-state index is 0.118. The predicted octanol–water partition coefficient (Wildman–Crippen LogP) is 2.90. The van der Waals surface area contributed by atoms with Gasteiger partial charge in [0.05, 0.1) is 16.6 Å². The highest BCUT2D eigenvalue weighted by molar-refractivity contribution is 5.98. The highest BCUT2D eigenvalue weighted by atomic mass is 16.6. The molecule has 0 aliphatic heterocycles. The van der Waals surface area contributed by atoms with Crippen molar-refractivity contribution in [3.05, 3.63) is 33.4 Å². The maximum Gasteiger partial charge on any atom is 0.280 e. The smallest absolute Gasteiger partial charge is 0.280 e. The first kappa shape index (κ1) is 12.5. The molecule has 2 rings (SSSR count). The van der Waals surface area contributed by atoms with Gasteiger partial charge in [-0.25, -0.2) is 0 Å². The molecule has 0 radical (unpaired) electrons. The number of carbonyl (C=O) groups is 1. The van der Waals surface area contributed by atoms with E-state index in [9.17, 15) is 14.9 Å². The van der Waals surface area contributed by atoms with Crippen LogP contribution < -0.4 is 4.74 Å². The summed E-state index contributed by atoms with van der Waals surface area (Å²) in [6, 6.07) is 2.96. The molecule has 0 atom stereocenters. The lowest BCUT2D eigenvalue weighted by Gasteiger charge is -2.11. The lowest BCUT2D eigenvalue weighted by Crippen LogP contribution is -2.05. The third-order valence-corrected chi connectivity index (χ3v) is 2.95. The zero-order chi connectivity index (χ0) is 13.3. The molecule has 1 aliphatic carbocycles. The van der Waals surface area contributed by atoms with Crippen LogP contribution in [-0.4, -0.2) is 16.8 Å². The van der Waals surface area contributed by atoms with Crippen LogP contribution >= 0.6 is 0 Å². The number of ketones is 1. The quantitative estimate of drug-likeness (QED) is 0.457. The Morgan fingerprint density at radius 1 is 1.50 bits per heavy atom. The van der Waals surface area contributed by atoms with Crippen molar-refractivity contribution in [1.29, 1.82) is 0 Å². The molecule has 1 aliphatic rings. The fourth-order valence-corrected chi connectivity index (χ4v) is 1.80. The maximum atomic E-state index is 11.5. The monoisotopic (exact) mass is 249 g/mol. The van der Waals surface area contributed by atoms with E-state index in [0.29, 0.717) is 12.2 Å². The predicted molar refractivity (Wildman–Crippen MR) is 66.1 cm³/mol. The Balaban J connectivity index is 2.48. The Morgan fingerprint density at radius 2 is 2.17 bits per heavy atom. The van der Waals surface area contributed by atoms with Gasteiger partial charge in [-0.3, -0.25) is 14.9 Å². The van der Waals surface area contributed by atoms with E-state index < -0.39 is 4.92 Å². The summed E-state index contributed by atoms with van der Waals surface area (Å²) in [5.74, 6) is 0.292. The molecule has 0 amide bonds. The third kappa shape index (κ3) is 2.50. The Hall–Kier alpha value is -1.91. The van der Waals surface area contributed by atoms with Crippen molar-refractivity contribution in [3.8, 4) is 5.75 Å². The average molecular weight is 249 g/mol. The van der Waals surface area contributed by atoms with Gasteiger partial charge >= 0.3 is 0 Å². The van der Waals surface area contributed by atoms with Gasteiger partial charge in [-0.05, 0) is 32.3 Å². The van der Waals surface area contributed by atoms with Crippen LogP contribution in [0.25, 0.3) is 0 Å². The molecule has 18 heavy (non-hydrogen) atoms. The summed E-state index contributed by atoms with van der Waals surface area (Å²) in [4.78, 5) is 21.9. The number of carbonyl (C=O) groups excluding carboxylic acids is 1. The first-order valence-corrected chi connectivity index (χ1v) is 6.01. The first-order valence-electron chi connectivity index (χ1n) is 6.01. The van der Waals surface area contributed by atoms with Crippen LogP contribution in [0, 0.1) is 10.1 Å². The highest BCUT2D eigenvalue weighted by Gasteiger charge is 2.27. The second-order valence-electron chi connectivity index (χ2n) is 4.46. The topological polar surface area (TPSA) is 69.4 Å². The molecule has 0 aromatic heterocycles. The van der Waals surface area contributed by atoms with Crippen LogP contribution in [0.4, 0.5) is 5.69 Å². The number of Topliss-reactive ketones (excluding diaryl/α,β-unsaturated/α-hetero) is 1. The van der Waals surface area contributed by atoms with Gasteiger partial charge in [0, 0.05) is 11.6 Å². The number of aryl methyl sites for hydroxylation is 1. The summed E-state index contributed by atoms with van der Waals surface area (Å²) < 4.78 is 5.70. The van der Waals surface area contributed by atoms with Gasteiger partial charge in [0.1, 0.15) is 5.75 Å². The van der Waals surface area contributed by atoms with Crippen LogP contribution in [0.2, 0.25) is 0 Å². The second-order valence-corrected chi connectivity index (χ2v) is 4.46. The van der Waals surface area contributed by atoms with Gasteiger partial charge in [0.15, 0.2) is 5.78 Å². The summed E-state index contributed by atoms with van der Waals surface area (Å²) in [5, 5.41) is 11.0. The Kier molecular flexibility index (Phi) is 3.32. The third-order valence-electron chi connectivity index (χ3n) is 2.95. The van der Waals surface area contributed by atoms with Crippen molar-refractivity contribution in [3.63, 3.8) is 0 Å². The number of ether oxygens (including phenoxy) is 1. The van der Waals surface area contributed by atoms with Gasteiger partial charge in [0.2, 0.25) is 0 Å². The largest absolute Gasteiger partial charge is 0.490 e. The molecule has 96 valence electrons. The van der Waals surface area contributed by atoms with E-state index in [-0.39, 0.29) is 23.1 Å². The van der Waals surface area contributed by atoms with Crippen LogP contribution in [0.1, 0.15) is 42.6 Å². The van der Waals surface area contributed by atoms with Crippen molar-refractivity contribution >= 4 is 11.5 Å². The van der Waals surface area contributed by atoms with Crippen LogP contribution in [0.5, 0.6) is 5.75 Å².